The number of aliphatic hydroxyl groups is 1. The van der Waals surface area contributed by atoms with Crippen molar-refractivity contribution in [1.82, 2.24) is 15.0 Å². The quantitative estimate of drug-likeness (QED) is 0.717. The Kier molecular flexibility index (Phi) is 3.23. The molecule has 0 radical (unpaired) electrons. The van der Waals surface area contributed by atoms with Crippen LogP contribution in [0.1, 0.15) is 32.2 Å². The maximum atomic E-state index is 9.65. The Labute approximate surface area is 83.9 Å². The topological polar surface area (TPSA) is 77.0 Å². The van der Waals surface area contributed by atoms with Crippen LogP contribution in [0, 0.1) is 0 Å². The summed E-state index contributed by atoms with van der Waals surface area (Å²) in [7, 11) is 0. The van der Waals surface area contributed by atoms with Crippen LogP contribution in [0.25, 0.3) is 0 Å². The fraction of sp³-hybridized carbons (Fsp3) is 0.778. The fourth-order valence-electron chi connectivity index (χ4n) is 1.41. The Morgan fingerprint density at radius 2 is 2.14 bits per heavy atom. The van der Waals surface area contributed by atoms with Crippen LogP contribution in [0.5, 0.6) is 0 Å². The normalized spacial score (nSPS) is 12.1. The molecule has 0 bridgehead atoms. The number of rotatable bonds is 4. The number of nitrogens with zero attached hydrogens (tertiary/aromatic N) is 3. The maximum Gasteiger partial charge on any atom is 0.0994 e. The molecule has 0 saturated carbocycles. The zero-order valence-corrected chi connectivity index (χ0v) is 8.99. The molecule has 0 unspecified atom stereocenters. The van der Waals surface area contributed by atoms with Gasteiger partial charge in [-0.1, -0.05) is 12.1 Å². The molecule has 0 aliphatic carbocycles. The lowest BCUT2D eigenvalue weighted by Crippen LogP contribution is -2.27. The second-order valence-corrected chi connectivity index (χ2v) is 4.01. The van der Waals surface area contributed by atoms with Gasteiger partial charge in [-0.3, -0.25) is 0 Å². The smallest absolute Gasteiger partial charge is 0.0994 e. The van der Waals surface area contributed by atoms with Gasteiger partial charge in [0.1, 0.15) is 0 Å². The third-order valence-corrected chi connectivity index (χ3v) is 1.98. The highest BCUT2D eigenvalue weighted by Crippen LogP contribution is 2.10. The van der Waals surface area contributed by atoms with E-state index < -0.39 is 5.60 Å². The molecule has 0 spiro atoms. The van der Waals surface area contributed by atoms with Crippen molar-refractivity contribution in [3.63, 3.8) is 0 Å². The van der Waals surface area contributed by atoms with Gasteiger partial charge in [0.15, 0.2) is 0 Å². The van der Waals surface area contributed by atoms with Crippen molar-refractivity contribution >= 4 is 0 Å². The molecule has 1 heterocycles. The Bertz CT molecular complexity index is 300. The second kappa shape index (κ2) is 4.06. The number of hydrogen-bond donors (Lipinski definition) is 2. The Morgan fingerprint density at radius 3 is 2.57 bits per heavy atom. The fourth-order valence-corrected chi connectivity index (χ4v) is 1.41. The van der Waals surface area contributed by atoms with Gasteiger partial charge in [0.05, 0.1) is 23.5 Å². The average Bonchev–Trinajstić information content (AvgIpc) is 2.43. The highest BCUT2D eigenvalue weighted by atomic mass is 16.3. The molecule has 0 aromatic carbocycles. The van der Waals surface area contributed by atoms with Crippen molar-refractivity contribution in [2.24, 2.45) is 5.73 Å². The maximum absolute atomic E-state index is 9.65. The minimum Gasteiger partial charge on any atom is -0.389 e. The molecule has 0 atom stereocenters. The zero-order valence-electron chi connectivity index (χ0n) is 8.99. The molecule has 5 heteroatoms. The molecule has 0 fully saturated rings. The summed E-state index contributed by atoms with van der Waals surface area (Å²) in [6.45, 7) is 6.36. The van der Waals surface area contributed by atoms with Gasteiger partial charge in [0, 0.05) is 6.54 Å². The van der Waals surface area contributed by atoms with E-state index in [1.807, 2.05) is 6.92 Å². The van der Waals surface area contributed by atoms with Crippen LogP contribution in [-0.2, 0) is 19.5 Å². The van der Waals surface area contributed by atoms with E-state index in [0.29, 0.717) is 13.1 Å². The third-order valence-electron chi connectivity index (χ3n) is 1.98. The Balaban J connectivity index is 2.92. The molecule has 3 N–H and O–H groups in total. The highest BCUT2D eigenvalue weighted by molar-refractivity contribution is 5.09. The van der Waals surface area contributed by atoms with Crippen LogP contribution in [-0.4, -0.2) is 25.7 Å². The molecule has 14 heavy (non-hydrogen) atoms. The van der Waals surface area contributed by atoms with E-state index >= 15 is 0 Å². The zero-order chi connectivity index (χ0) is 10.8. The Hall–Kier alpha value is -0.940. The molecule has 1 aromatic heterocycles. The minimum absolute atomic E-state index is 0.398. The van der Waals surface area contributed by atoms with Crippen molar-refractivity contribution in [3.8, 4) is 0 Å². The van der Waals surface area contributed by atoms with Gasteiger partial charge in [0.2, 0.25) is 0 Å². The molecular formula is C9H18N4O. The van der Waals surface area contributed by atoms with Gasteiger partial charge in [-0.2, -0.15) is 0 Å². The molecule has 0 aliphatic rings. The highest BCUT2D eigenvalue weighted by Gasteiger charge is 2.18. The summed E-state index contributed by atoms with van der Waals surface area (Å²) in [4.78, 5) is 0. The first-order chi connectivity index (χ1) is 6.48. The van der Waals surface area contributed by atoms with Crippen LogP contribution >= 0.6 is 0 Å². The van der Waals surface area contributed by atoms with Gasteiger partial charge in [0.25, 0.3) is 0 Å². The summed E-state index contributed by atoms with van der Waals surface area (Å²) in [6.07, 6.45) is 0.829. The summed E-state index contributed by atoms with van der Waals surface area (Å²) in [5, 5.41) is 17.6. The van der Waals surface area contributed by atoms with Crippen molar-refractivity contribution in [2.75, 3.05) is 0 Å². The van der Waals surface area contributed by atoms with Crippen LogP contribution in [0.4, 0.5) is 0 Å². The summed E-state index contributed by atoms with van der Waals surface area (Å²) in [6, 6.07) is 0. The monoisotopic (exact) mass is 198 g/mol. The van der Waals surface area contributed by atoms with E-state index in [4.69, 9.17) is 5.73 Å². The first-order valence-corrected chi connectivity index (χ1v) is 4.81. The Morgan fingerprint density at radius 1 is 1.50 bits per heavy atom. The van der Waals surface area contributed by atoms with Gasteiger partial charge in [-0.05, 0) is 20.3 Å². The SMILES string of the molecule is CCc1c(CN)nnn1CC(C)(C)O. The van der Waals surface area contributed by atoms with E-state index in [2.05, 4.69) is 10.3 Å². The van der Waals surface area contributed by atoms with Gasteiger partial charge in [-0.25, -0.2) is 4.68 Å². The van der Waals surface area contributed by atoms with Crippen LogP contribution < -0.4 is 5.73 Å². The van der Waals surface area contributed by atoms with Crippen LogP contribution in [0.2, 0.25) is 0 Å². The van der Waals surface area contributed by atoms with Crippen molar-refractivity contribution in [3.05, 3.63) is 11.4 Å². The first kappa shape index (κ1) is 11.1. The van der Waals surface area contributed by atoms with Crippen molar-refractivity contribution in [2.45, 2.75) is 45.9 Å². The van der Waals surface area contributed by atoms with Crippen LogP contribution in [0.3, 0.4) is 0 Å². The second-order valence-electron chi connectivity index (χ2n) is 4.01. The van der Waals surface area contributed by atoms with Crippen molar-refractivity contribution in [1.29, 1.82) is 0 Å². The predicted octanol–water partition coefficient (Wildman–Crippen LogP) is 0.0701. The number of nitrogens with two attached hydrogens (primary N) is 1. The summed E-state index contributed by atoms with van der Waals surface area (Å²) in [5.41, 5.74) is 6.58. The molecule has 1 rings (SSSR count). The summed E-state index contributed by atoms with van der Waals surface area (Å²) < 4.78 is 1.72. The van der Waals surface area contributed by atoms with E-state index in [0.717, 1.165) is 17.8 Å². The molecule has 80 valence electrons. The van der Waals surface area contributed by atoms with Crippen molar-refractivity contribution < 1.29 is 5.11 Å². The number of aromatic nitrogens is 3. The average molecular weight is 198 g/mol. The van der Waals surface area contributed by atoms with E-state index in [1.54, 1.807) is 18.5 Å². The van der Waals surface area contributed by atoms with Gasteiger partial charge >= 0.3 is 0 Å². The van der Waals surface area contributed by atoms with Crippen LogP contribution in [0.15, 0.2) is 0 Å². The lowest BCUT2D eigenvalue weighted by atomic mass is 10.1. The summed E-state index contributed by atoms with van der Waals surface area (Å²) in [5.74, 6) is 0. The molecule has 1 aromatic rings. The molecular weight excluding hydrogens is 180 g/mol. The standard InChI is InChI=1S/C9H18N4O/c1-4-8-7(5-10)11-12-13(8)6-9(2,3)14/h14H,4-6,10H2,1-3H3. The van der Waals surface area contributed by atoms with E-state index in [9.17, 15) is 5.11 Å². The molecule has 0 aliphatic heterocycles. The molecule has 0 amide bonds. The van der Waals surface area contributed by atoms with E-state index in [-0.39, 0.29) is 0 Å². The molecule has 0 saturated heterocycles. The predicted molar refractivity (Wildman–Crippen MR) is 53.6 cm³/mol. The lowest BCUT2D eigenvalue weighted by molar-refractivity contribution is 0.0562. The molecule has 5 nitrogen and oxygen atoms in total. The lowest BCUT2D eigenvalue weighted by Gasteiger charge is -2.17. The first-order valence-electron chi connectivity index (χ1n) is 4.81. The summed E-state index contributed by atoms with van der Waals surface area (Å²) >= 11 is 0. The van der Waals surface area contributed by atoms with Gasteiger partial charge in [-0.15, -0.1) is 5.10 Å². The minimum atomic E-state index is -0.774. The van der Waals surface area contributed by atoms with E-state index in [1.165, 1.54) is 0 Å². The largest absolute Gasteiger partial charge is 0.389 e. The third kappa shape index (κ3) is 2.52. The number of hydrogen-bond acceptors (Lipinski definition) is 4. The van der Waals surface area contributed by atoms with Gasteiger partial charge < -0.3 is 10.8 Å².